The van der Waals surface area contributed by atoms with Crippen LogP contribution in [0.2, 0.25) is 0 Å². The van der Waals surface area contributed by atoms with Crippen LogP contribution in [0, 0.1) is 11.8 Å². The van der Waals surface area contributed by atoms with Crippen molar-refractivity contribution in [2.24, 2.45) is 11.8 Å². The van der Waals surface area contributed by atoms with Gasteiger partial charge in [-0.05, 0) is 36.8 Å². The topological polar surface area (TPSA) is 72.5 Å². The van der Waals surface area contributed by atoms with Crippen LogP contribution in [-0.2, 0) is 4.79 Å². The standard InChI is InChI=1S/C17H22N4O2/c1-20(15-3-5-19-17-14(15)2-4-18-17)13-6-11-8-21(16(23)10-22)9-12(11)7-13/h2-5,11-13,22H,6-10H2,1H3,(H,18,19)/t11-,12+,13?. The van der Waals surface area contributed by atoms with E-state index in [1.54, 1.807) is 0 Å². The number of aromatic nitrogens is 2. The lowest BCUT2D eigenvalue weighted by molar-refractivity contribution is -0.133. The highest BCUT2D eigenvalue weighted by atomic mass is 16.3. The van der Waals surface area contributed by atoms with Crippen LogP contribution in [-0.4, -0.2) is 58.7 Å². The van der Waals surface area contributed by atoms with Crippen molar-refractivity contribution >= 4 is 22.6 Å². The number of carbonyl (C=O) groups is 1. The number of H-pyrrole nitrogens is 1. The second-order valence-corrected chi connectivity index (χ2v) is 6.78. The van der Waals surface area contributed by atoms with Crippen molar-refractivity contribution in [3.05, 3.63) is 24.5 Å². The fourth-order valence-electron chi connectivity index (χ4n) is 4.34. The molecule has 23 heavy (non-hydrogen) atoms. The second kappa shape index (κ2) is 5.53. The van der Waals surface area contributed by atoms with E-state index in [1.807, 2.05) is 17.3 Å². The molecule has 0 bridgehead atoms. The van der Waals surface area contributed by atoms with E-state index in [2.05, 4.69) is 34.0 Å². The number of hydrogen-bond acceptors (Lipinski definition) is 4. The van der Waals surface area contributed by atoms with Crippen LogP contribution in [0.15, 0.2) is 24.5 Å². The molecule has 2 aliphatic rings. The molecule has 2 fully saturated rings. The zero-order chi connectivity index (χ0) is 16.0. The van der Waals surface area contributed by atoms with Crippen molar-refractivity contribution in [2.45, 2.75) is 18.9 Å². The molecule has 1 unspecified atom stereocenters. The molecule has 1 aliphatic carbocycles. The molecule has 1 saturated carbocycles. The molecule has 3 heterocycles. The van der Waals surface area contributed by atoms with Gasteiger partial charge in [0.1, 0.15) is 12.3 Å². The largest absolute Gasteiger partial charge is 0.387 e. The van der Waals surface area contributed by atoms with Crippen LogP contribution < -0.4 is 4.90 Å². The van der Waals surface area contributed by atoms with Crippen molar-refractivity contribution in [3.8, 4) is 0 Å². The third kappa shape index (κ3) is 2.37. The Morgan fingerprint density at radius 2 is 2.13 bits per heavy atom. The quantitative estimate of drug-likeness (QED) is 0.894. The van der Waals surface area contributed by atoms with Crippen LogP contribution in [0.25, 0.3) is 11.0 Å². The van der Waals surface area contributed by atoms with E-state index in [4.69, 9.17) is 5.11 Å². The van der Waals surface area contributed by atoms with Crippen molar-refractivity contribution < 1.29 is 9.90 Å². The molecule has 3 atom stereocenters. The number of hydrogen-bond donors (Lipinski definition) is 2. The summed E-state index contributed by atoms with van der Waals surface area (Å²) in [7, 11) is 2.16. The molecule has 0 spiro atoms. The van der Waals surface area contributed by atoms with E-state index < -0.39 is 0 Å². The monoisotopic (exact) mass is 314 g/mol. The van der Waals surface area contributed by atoms with Gasteiger partial charge in [0.05, 0.1) is 0 Å². The third-order valence-electron chi connectivity index (χ3n) is 5.58. The summed E-state index contributed by atoms with van der Waals surface area (Å²) >= 11 is 0. The number of aliphatic hydroxyl groups is 1. The lowest BCUT2D eigenvalue weighted by Gasteiger charge is -2.29. The summed E-state index contributed by atoms with van der Waals surface area (Å²) in [6.07, 6.45) is 5.98. The average molecular weight is 314 g/mol. The smallest absolute Gasteiger partial charge is 0.248 e. The predicted octanol–water partition coefficient (Wildman–Crippen LogP) is 1.23. The first-order valence-corrected chi connectivity index (χ1v) is 8.21. The van der Waals surface area contributed by atoms with E-state index in [-0.39, 0.29) is 12.5 Å². The van der Waals surface area contributed by atoms with Crippen LogP contribution in [0.5, 0.6) is 0 Å². The zero-order valence-electron chi connectivity index (χ0n) is 13.3. The average Bonchev–Trinajstić information content (AvgIpc) is 3.26. The molecule has 6 heteroatoms. The van der Waals surface area contributed by atoms with Crippen molar-refractivity contribution in [1.29, 1.82) is 0 Å². The van der Waals surface area contributed by atoms with Gasteiger partial charge in [-0.1, -0.05) is 0 Å². The first-order chi connectivity index (χ1) is 11.2. The van der Waals surface area contributed by atoms with Crippen molar-refractivity contribution in [2.75, 3.05) is 31.6 Å². The minimum absolute atomic E-state index is 0.132. The number of rotatable bonds is 3. The van der Waals surface area contributed by atoms with Crippen LogP contribution >= 0.6 is 0 Å². The normalized spacial score (nSPS) is 26.7. The van der Waals surface area contributed by atoms with Crippen LogP contribution in [0.1, 0.15) is 12.8 Å². The summed E-state index contributed by atoms with van der Waals surface area (Å²) in [6.45, 7) is 1.22. The van der Waals surface area contributed by atoms with Crippen molar-refractivity contribution in [3.63, 3.8) is 0 Å². The van der Waals surface area contributed by atoms with Gasteiger partial charge in [-0.2, -0.15) is 0 Å². The number of aromatic amines is 1. The summed E-state index contributed by atoms with van der Waals surface area (Å²) < 4.78 is 0. The number of amides is 1. The fourth-order valence-corrected chi connectivity index (χ4v) is 4.34. The summed E-state index contributed by atoms with van der Waals surface area (Å²) in [4.78, 5) is 23.4. The van der Waals surface area contributed by atoms with Gasteiger partial charge in [0.25, 0.3) is 0 Å². The highest BCUT2D eigenvalue weighted by molar-refractivity contribution is 5.89. The number of carbonyl (C=O) groups excluding carboxylic acids is 1. The lowest BCUT2D eigenvalue weighted by Crippen LogP contribution is -2.35. The Bertz CT molecular complexity index is 714. The minimum atomic E-state index is -0.370. The molecule has 122 valence electrons. The van der Waals surface area contributed by atoms with Gasteiger partial charge in [0, 0.05) is 49.6 Å². The Morgan fingerprint density at radius 3 is 2.83 bits per heavy atom. The molecule has 4 rings (SSSR count). The summed E-state index contributed by atoms with van der Waals surface area (Å²) in [5.74, 6) is 0.982. The van der Waals surface area contributed by atoms with Gasteiger partial charge < -0.3 is 19.9 Å². The van der Waals surface area contributed by atoms with Crippen LogP contribution in [0.4, 0.5) is 5.69 Å². The Kier molecular flexibility index (Phi) is 3.49. The molecule has 1 amide bonds. The molecular formula is C17H22N4O2. The van der Waals surface area contributed by atoms with Gasteiger partial charge in [-0.3, -0.25) is 4.79 Å². The molecule has 2 aromatic heterocycles. The first kappa shape index (κ1) is 14.5. The predicted molar refractivity (Wildman–Crippen MR) is 88.2 cm³/mol. The second-order valence-electron chi connectivity index (χ2n) is 6.78. The Morgan fingerprint density at radius 1 is 1.39 bits per heavy atom. The van der Waals surface area contributed by atoms with E-state index in [0.717, 1.165) is 37.0 Å². The maximum atomic E-state index is 11.7. The highest BCUT2D eigenvalue weighted by Gasteiger charge is 2.43. The van der Waals surface area contributed by atoms with Gasteiger partial charge >= 0.3 is 0 Å². The minimum Gasteiger partial charge on any atom is -0.387 e. The third-order valence-corrected chi connectivity index (χ3v) is 5.58. The molecule has 0 radical (unpaired) electrons. The van der Waals surface area contributed by atoms with E-state index in [1.165, 1.54) is 5.69 Å². The molecule has 2 N–H and O–H groups in total. The van der Waals surface area contributed by atoms with Gasteiger partial charge in [0.15, 0.2) is 0 Å². The number of fused-ring (bicyclic) bond motifs is 2. The molecule has 2 aromatic rings. The molecule has 1 aliphatic heterocycles. The molecule has 6 nitrogen and oxygen atoms in total. The van der Waals surface area contributed by atoms with Gasteiger partial charge in [0.2, 0.25) is 5.91 Å². The SMILES string of the molecule is CN(c1ccnc2[nH]ccc12)C1C[C@@H]2CN(C(=O)CO)C[C@@H]2C1. The maximum Gasteiger partial charge on any atom is 0.248 e. The number of likely N-dealkylation sites (tertiary alicyclic amines) is 1. The van der Waals surface area contributed by atoms with Crippen LogP contribution in [0.3, 0.4) is 0 Å². The van der Waals surface area contributed by atoms with Gasteiger partial charge in [-0.25, -0.2) is 4.98 Å². The highest BCUT2D eigenvalue weighted by Crippen LogP contribution is 2.41. The number of aliphatic hydroxyl groups excluding tert-OH is 1. The number of anilines is 1. The first-order valence-electron chi connectivity index (χ1n) is 8.21. The number of nitrogens with one attached hydrogen (secondary N) is 1. The lowest BCUT2D eigenvalue weighted by atomic mass is 10.0. The summed E-state index contributed by atoms with van der Waals surface area (Å²) in [5, 5.41) is 10.2. The molecular weight excluding hydrogens is 292 g/mol. The molecule has 1 saturated heterocycles. The fraction of sp³-hybridized carbons (Fsp3) is 0.529. The Hall–Kier alpha value is -2.08. The van der Waals surface area contributed by atoms with E-state index >= 15 is 0 Å². The maximum absolute atomic E-state index is 11.7. The van der Waals surface area contributed by atoms with E-state index in [0.29, 0.717) is 17.9 Å². The zero-order valence-corrected chi connectivity index (χ0v) is 13.3. The summed E-state index contributed by atoms with van der Waals surface area (Å²) in [5.41, 5.74) is 2.14. The van der Waals surface area contributed by atoms with E-state index in [9.17, 15) is 4.79 Å². The van der Waals surface area contributed by atoms with Crippen molar-refractivity contribution in [1.82, 2.24) is 14.9 Å². The summed E-state index contributed by atoms with van der Waals surface area (Å²) in [6, 6.07) is 4.65. The Labute approximate surface area is 135 Å². The number of nitrogens with zero attached hydrogens (tertiary/aromatic N) is 3. The number of pyridine rings is 1. The van der Waals surface area contributed by atoms with Gasteiger partial charge in [-0.15, -0.1) is 0 Å². The molecule has 0 aromatic carbocycles. The Balaban J connectivity index is 1.49.